The molecule has 0 aliphatic carbocycles. The number of furan rings is 1. The van der Waals surface area contributed by atoms with E-state index in [1.54, 1.807) is 24.5 Å². The Labute approximate surface area is 180 Å². The van der Waals surface area contributed by atoms with Crippen molar-refractivity contribution in [2.45, 2.75) is 27.2 Å². The average Bonchev–Trinajstić information content (AvgIpc) is 3.17. The summed E-state index contributed by atoms with van der Waals surface area (Å²) in [5.74, 6) is 0.869. The lowest BCUT2D eigenvalue weighted by Gasteiger charge is -2.21. The molecular formula is C24H26N2O5. The number of nitrogens with zero attached hydrogens (tertiary/aromatic N) is 1. The molecule has 2 aromatic carbocycles. The summed E-state index contributed by atoms with van der Waals surface area (Å²) in [4.78, 5) is 27.0. The molecule has 7 nitrogen and oxygen atoms in total. The van der Waals surface area contributed by atoms with Crippen LogP contribution in [-0.4, -0.2) is 43.0 Å². The normalized spacial score (nSPS) is 12.6. The molecular weight excluding hydrogens is 396 g/mol. The van der Waals surface area contributed by atoms with E-state index in [1.165, 1.54) is 4.90 Å². The molecule has 0 atom stereocenters. The standard InChI is InChI=1S/C24H26N2O5/c1-4-26(13-22(27)25-18-6-8-20-21(12-18)30-10-9-29-20)23(28)11-17-14-31-24-16(3)15(2)5-7-19(17)24/h5-8,12,14H,4,9-11,13H2,1-3H3,(H,25,27). The number of carbonyl (C=O) groups is 2. The number of fused-ring (bicyclic) bond motifs is 2. The average molecular weight is 422 g/mol. The van der Waals surface area contributed by atoms with Crippen molar-refractivity contribution >= 4 is 28.5 Å². The summed E-state index contributed by atoms with van der Waals surface area (Å²) in [5, 5.41) is 3.77. The third-order valence-corrected chi connectivity index (χ3v) is 5.58. The van der Waals surface area contributed by atoms with Gasteiger partial charge in [0, 0.05) is 29.2 Å². The number of benzene rings is 2. The summed E-state index contributed by atoms with van der Waals surface area (Å²) in [6.45, 7) is 7.28. The van der Waals surface area contributed by atoms with Gasteiger partial charge >= 0.3 is 0 Å². The molecule has 2 amide bonds. The van der Waals surface area contributed by atoms with Gasteiger partial charge in [0.05, 0.1) is 19.2 Å². The van der Waals surface area contributed by atoms with Crippen LogP contribution in [0.2, 0.25) is 0 Å². The molecule has 4 rings (SSSR count). The highest BCUT2D eigenvalue weighted by Crippen LogP contribution is 2.32. The maximum absolute atomic E-state index is 12.9. The topological polar surface area (TPSA) is 81.0 Å². The Bertz CT molecular complexity index is 1130. The van der Waals surface area contributed by atoms with E-state index >= 15 is 0 Å². The van der Waals surface area contributed by atoms with Crippen molar-refractivity contribution in [2.24, 2.45) is 0 Å². The highest BCUT2D eigenvalue weighted by Gasteiger charge is 2.20. The molecule has 0 unspecified atom stereocenters. The molecule has 0 saturated carbocycles. The summed E-state index contributed by atoms with van der Waals surface area (Å²) in [6.07, 6.45) is 1.82. The maximum atomic E-state index is 12.9. The number of anilines is 1. The molecule has 31 heavy (non-hydrogen) atoms. The monoisotopic (exact) mass is 422 g/mol. The summed E-state index contributed by atoms with van der Waals surface area (Å²) < 4.78 is 16.7. The van der Waals surface area contributed by atoms with Crippen LogP contribution >= 0.6 is 0 Å². The van der Waals surface area contributed by atoms with E-state index in [0.717, 1.165) is 27.7 Å². The number of amides is 2. The fourth-order valence-corrected chi connectivity index (χ4v) is 3.67. The fraction of sp³-hybridized carbons (Fsp3) is 0.333. The van der Waals surface area contributed by atoms with E-state index in [9.17, 15) is 9.59 Å². The van der Waals surface area contributed by atoms with Crippen LogP contribution in [-0.2, 0) is 16.0 Å². The van der Waals surface area contributed by atoms with E-state index in [2.05, 4.69) is 5.32 Å². The molecule has 0 bridgehead atoms. The summed E-state index contributed by atoms with van der Waals surface area (Å²) in [6, 6.07) is 9.26. The predicted octanol–water partition coefficient (Wildman–Crippen LogP) is 3.85. The molecule has 0 fully saturated rings. The first-order valence-electron chi connectivity index (χ1n) is 10.4. The lowest BCUT2D eigenvalue weighted by molar-refractivity contribution is -0.133. The zero-order valence-electron chi connectivity index (χ0n) is 18.0. The van der Waals surface area contributed by atoms with Gasteiger partial charge in [-0.1, -0.05) is 12.1 Å². The van der Waals surface area contributed by atoms with Crippen molar-refractivity contribution in [3.05, 3.63) is 53.3 Å². The van der Waals surface area contributed by atoms with Gasteiger partial charge in [0.2, 0.25) is 11.8 Å². The van der Waals surface area contributed by atoms with Gasteiger partial charge in [0.25, 0.3) is 0 Å². The number of likely N-dealkylation sites (N-methyl/N-ethyl adjacent to an activating group) is 1. The zero-order valence-corrected chi connectivity index (χ0v) is 18.0. The highest BCUT2D eigenvalue weighted by atomic mass is 16.6. The maximum Gasteiger partial charge on any atom is 0.243 e. The number of nitrogens with one attached hydrogen (secondary N) is 1. The second-order valence-electron chi connectivity index (χ2n) is 7.64. The summed E-state index contributed by atoms with van der Waals surface area (Å²) in [7, 11) is 0. The Morgan fingerprint density at radius 1 is 1.06 bits per heavy atom. The molecule has 162 valence electrons. The van der Waals surface area contributed by atoms with Crippen LogP contribution in [0.1, 0.15) is 23.6 Å². The van der Waals surface area contributed by atoms with E-state index in [0.29, 0.717) is 36.9 Å². The number of hydrogen-bond acceptors (Lipinski definition) is 5. The number of ether oxygens (including phenoxy) is 2. The van der Waals surface area contributed by atoms with Crippen molar-refractivity contribution in [2.75, 3.05) is 31.6 Å². The minimum atomic E-state index is -0.268. The summed E-state index contributed by atoms with van der Waals surface area (Å²) >= 11 is 0. The fourth-order valence-electron chi connectivity index (χ4n) is 3.67. The van der Waals surface area contributed by atoms with Gasteiger partial charge < -0.3 is 24.1 Å². The molecule has 2 heterocycles. The Hall–Kier alpha value is -3.48. The van der Waals surface area contributed by atoms with Crippen molar-refractivity contribution < 1.29 is 23.5 Å². The van der Waals surface area contributed by atoms with Crippen LogP contribution in [0.3, 0.4) is 0 Å². The van der Waals surface area contributed by atoms with E-state index in [4.69, 9.17) is 13.9 Å². The third-order valence-electron chi connectivity index (χ3n) is 5.58. The zero-order chi connectivity index (χ0) is 22.0. The van der Waals surface area contributed by atoms with Gasteiger partial charge in [-0.2, -0.15) is 0 Å². The molecule has 7 heteroatoms. The van der Waals surface area contributed by atoms with E-state index in [-0.39, 0.29) is 24.8 Å². The van der Waals surface area contributed by atoms with Crippen molar-refractivity contribution in [3.8, 4) is 11.5 Å². The van der Waals surface area contributed by atoms with Gasteiger partial charge in [0.15, 0.2) is 11.5 Å². The molecule has 1 aromatic heterocycles. The lowest BCUT2D eigenvalue weighted by Crippen LogP contribution is -2.38. The second kappa shape index (κ2) is 8.71. The molecule has 1 aliphatic heterocycles. The minimum absolute atomic E-state index is 0.0301. The lowest BCUT2D eigenvalue weighted by atomic mass is 10.0. The second-order valence-corrected chi connectivity index (χ2v) is 7.64. The quantitative estimate of drug-likeness (QED) is 0.653. The third kappa shape index (κ3) is 4.35. The Morgan fingerprint density at radius 2 is 1.84 bits per heavy atom. The number of rotatable bonds is 6. The summed E-state index contributed by atoms with van der Waals surface area (Å²) in [5.41, 5.74) is 4.45. The van der Waals surface area contributed by atoms with Crippen molar-refractivity contribution in [3.63, 3.8) is 0 Å². The van der Waals surface area contributed by atoms with Crippen LogP contribution in [0.5, 0.6) is 11.5 Å². The van der Waals surface area contributed by atoms with Gasteiger partial charge in [-0.15, -0.1) is 0 Å². The molecule has 0 saturated heterocycles. The Balaban J connectivity index is 1.41. The molecule has 1 aliphatic rings. The van der Waals surface area contributed by atoms with Gasteiger partial charge in [-0.05, 0) is 44.0 Å². The largest absolute Gasteiger partial charge is 0.486 e. The molecule has 0 spiro atoms. The molecule has 1 N–H and O–H groups in total. The first-order chi connectivity index (χ1) is 15.0. The number of hydrogen-bond donors (Lipinski definition) is 1. The first kappa shape index (κ1) is 20.8. The van der Waals surface area contributed by atoms with Crippen LogP contribution in [0.25, 0.3) is 11.0 Å². The Morgan fingerprint density at radius 3 is 2.61 bits per heavy atom. The van der Waals surface area contributed by atoms with Crippen LogP contribution in [0.15, 0.2) is 41.0 Å². The smallest absolute Gasteiger partial charge is 0.243 e. The van der Waals surface area contributed by atoms with Gasteiger partial charge in [-0.3, -0.25) is 9.59 Å². The van der Waals surface area contributed by atoms with Crippen LogP contribution < -0.4 is 14.8 Å². The van der Waals surface area contributed by atoms with Gasteiger partial charge in [-0.25, -0.2) is 0 Å². The molecule has 3 aromatic rings. The number of carbonyl (C=O) groups excluding carboxylic acids is 2. The highest BCUT2D eigenvalue weighted by molar-refractivity contribution is 5.96. The van der Waals surface area contributed by atoms with Crippen molar-refractivity contribution in [1.29, 1.82) is 0 Å². The Kier molecular flexibility index (Phi) is 5.84. The predicted molar refractivity (Wildman–Crippen MR) is 118 cm³/mol. The van der Waals surface area contributed by atoms with Crippen LogP contribution in [0, 0.1) is 13.8 Å². The van der Waals surface area contributed by atoms with Crippen LogP contribution in [0.4, 0.5) is 5.69 Å². The van der Waals surface area contributed by atoms with E-state index in [1.807, 2.05) is 32.9 Å². The van der Waals surface area contributed by atoms with Gasteiger partial charge in [0.1, 0.15) is 18.8 Å². The first-order valence-corrected chi connectivity index (χ1v) is 10.4. The minimum Gasteiger partial charge on any atom is -0.486 e. The molecule has 0 radical (unpaired) electrons. The number of aryl methyl sites for hydroxylation is 2. The van der Waals surface area contributed by atoms with E-state index < -0.39 is 0 Å². The van der Waals surface area contributed by atoms with Crippen molar-refractivity contribution in [1.82, 2.24) is 4.90 Å². The SMILES string of the molecule is CCN(CC(=O)Nc1ccc2c(c1)OCCO2)C(=O)Cc1coc2c(C)c(C)ccc12.